The first-order valence-corrected chi connectivity index (χ1v) is 11.4. The third kappa shape index (κ3) is 4.04. The molecule has 0 fully saturated rings. The third-order valence-electron chi connectivity index (χ3n) is 6.03. The number of thiophene rings is 1. The van der Waals surface area contributed by atoms with Crippen molar-refractivity contribution in [1.29, 1.82) is 0 Å². The smallest absolute Gasteiger partial charge is 0.338 e. The highest BCUT2D eigenvalue weighted by Gasteiger charge is 2.33. The van der Waals surface area contributed by atoms with Crippen LogP contribution in [0.3, 0.4) is 0 Å². The van der Waals surface area contributed by atoms with Crippen LogP contribution in [0.1, 0.15) is 41.6 Å². The van der Waals surface area contributed by atoms with E-state index in [-0.39, 0.29) is 23.8 Å². The topological polar surface area (TPSA) is 79.0 Å². The molecule has 2 aliphatic rings. The van der Waals surface area contributed by atoms with Gasteiger partial charge in [0, 0.05) is 25.0 Å². The lowest BCUT2D eigenvalue weighted by Crippen LogP contribution is -2.45. The fourth-order valence-electron chi connectivity index (χ4n) is 3.96. The SMILES string of the molecule is CC(C)C(OC(=O)c1ccc2c(c1)NC(=O)C(C)N2C)C(=O)N1CCc2sccc2C1. The van der Waals surface area contributed by atoms with E-state index in [0.717, 1.165) is 12.1 Å². The summed E-state index contributed by atoms with van der Waals surface area (Å²) in [5.41, 5.74) is 2.87. The number of likely N-dealkylation sites (N-methyl/N-ethyl adjacent to an activating group) is 1. The van der Waals surface area contributed by atoms with Crippen molar-refractivity contribution in [2.45, 2.75) is 45.9 Å². The normalized spacial score (nSPS) is 18.9. The van der Waals surface area contributed by atoms with Crippen molar-refractivity contribution in [1.82, 2.24) is 4.90 Å². The fraction of sp³-hybridized carbons (Fsp3) is 0.435. The van der Waals surface area contributed by atoms with Gasteiger partial charge in [-0.3, -0.25) is 9.59 Å². The Labute approximate surface area is 186 Å². The van der Waals surface area contributed by atoms with Crippen molar-refractivity contribution >= 4 is 40.5 Å². The second kappa shape index (κ2) is 8.34. The average Bonchev–Trinajstić information content (AvgIpc) is 3.22. The zero-order valence-electron chi connectivity index (χ0n) is 18.2. The standard InChI is InChI=1S/C23H27N3O4S/c1-13(2)20(22(28)26-9-7-19-16(12-26)8-10-31-19)30-23(29)15-5-6-18-17(11-15)24-21(27)14(3)25(18)4/h5-6,8,10-11,13-14,20H,7,9,12H2,1-4H3,(H,24,27). The number of nitrogens with one attached hydrogen (secondary N) is 1. The van der Waals surface area contributed by atoms with Crippen molar-refractivity contribution in [2.75, 3.05) is 23.8 Å². The number of ether oxygens (including phenoxy) is 1. The van der Waals surface area contributed by atoms with E-state index < -0.39 is 12.1 Å². The minimum Gasteiger partial charge on any atom is -0.448 e. The van der Waals surface area contributed by atoms with Gasteiger partial charge in [-0.15, -0.1) is 11.3 Å². The highest BCUT2D eigenvalue weighted by molar-refractivity contribution is 7.10. The lowest BCUT2D eigenvalue weighted by Gasteiger charge is -2.33. The molecular formula is C23H27N3O4S. The number of anilines is 2. The largest absolute Gasteiger partial charge is 0.448 e. The van der Waals surface area contributed by atoms with Crippen LogP contribution in [0.2, 0.25) is 0 Å². The van der Waals surface area contributed by atoms with Crippen LogP contribution in [0, 0.1) is 5.92 Å². The van der Waals surface area contributed by atoms with Gasteiger partial charge in [-0.25, -0.2) is 4.79 Å². The van der Waals surface area contributed by atoms with Crippen LogP contribution in [0.15, 0.2) is 29.6 Å². The molecule has 8 heteroatoms. The predicted molar refractivity (Wildman–Crippen MR) is 120 cm³/mol. The molecule has 1 N–H and O–H groups in total. The number of fused-ring (bicyclic) bond motifs is 2. The number of carbonyl (C=O) groups is 3. The Kier molecular flexibility index (Phi) is 5.75. The molecule has 2 aliphatic heterocycles. The minimum absolute atomic E-state index is 0.131. The lowest BCUT2D eigenvalue weighted by atomic mass is 10.0. The van der Waals surface area contributed by atoms with Gasteiger partial charge in [0.25, 0.3) is 5.91 Å². The third-order valence-corrected chi connectivity index (χ3v) is 7.06. The molecule has 0 saturated heterocycles. The van der Waals surface area contributed by atoms with Gasteiger partial charge in [-0.05, 0) is 54.5 Å². The average molecular weight is 442 g/mol. The number of nitrogens with zero attached hydrogens (tertiary/aromatic N) is 2. The number of amides is 2. The van der Waals surface area contributed by atoms with Crippen LogP contribution < -0.4 is 10.2 Å². The van der Waals surface area contributed by atoms with Gasteiger partial charge < -0.3 is 19.9 Å². The monoisotopic (exact) mass is 441 g/mol. The quantitative estimate of drug-likeness (QED) is 0.737. The first kappa shape index (κ1) is 21.4. The second-order valence-electron chi connectivity index (χ2n) is 8.46. The molecule has 0 radical (unpaired) electrons. The molecular weight excluding hydrogens is 414 g/mol. The minimum atomic E-state index is -0.860. The summed E-state index contributed by atoms with van der Waals surface area (Å²) >= 11 is 1.72. The molecule has 2 unspecified atom stereocenters. The second-order valence-corrected chi connectivity index (χ2v) is 9.46. The Hall–Kier alpha value is -2.87. The van der Waals surface area contributed by atoms with E-state index in [2.05, 4.69) is 11.4 Å². The van der Waals surface area contributed by atoms with E-state index in [0.29, 0.717) is 24.3 Å². The van der Waals surface area contributed by atoms with Crippen LogP contribution in [-0.4, -0.2) is 48.4 Å². The van der Waals surface area contributed by atoms with Crippen molar-refractivity contribution < 1.29 is 19.1 Å². The summed E-state index contributed by atoms with van der Waals surface area (Å²) in [4.78, 5) is 43.2. The molecule has 0 saturated carbocycles. The van der Waals surface area contributed by atoms with Crippen molar-refractivity contribution in [3.8, 4) is 0 Å². The highest BCUT2D eigenvalue weighted by atomic mass is 32.1. The van der Waals surface area contributed by atoms with Crippen LogP contribution in [0.4, 0.5) is 11.4 Å². The lowest BCUT2D eigenvalue weighted by molar-refractivity contribution is -0.144. The molecule has 2 aromatic rings. The molecule has 31 heavy (non-hydrogen) atoms. The molecule has 164 valence electrons. The van der Waals surface area contributed by atoms with Gasteiger partial charge in [0.15, 0.2) is 6.10 Å². The maximum absolute atomic E-state index is 13.2. The fourth-order valence-corrected chi connectivity index (χ4v) is 4.85. The Morgan fingerprint density at radius 2 is 2.03 bits per heavy atom. The van der Waals surface area contributed by atoms with Gasteiger partial charge in [0.2, 0.25) is 5.91 Å². The predicted octanol–water partition coefficient (Wildman–Crippen LogP) is 3.29. The molecule has 3 heterocycles. The van der Waals surface area contributed by atoms with E-state index in [4.69, 9.17) is 4.74 Å². The molecule has 4 rings (SSSR count). The Morgan fingerprint density at radius 1 is 1.26 bits per heavy atom. The Morgan fingerprint density at radius 3 is 2.77 bits per heavy atom. The Bertz CT molecular complexity index is 1030. The van der Waals surface area contributed by atoms with Crippen molar-refractivity contribution in [3.05, 3.63) is 45.6 Å². The van der Waals surface area contributed by atoms with E-state index in [1.807, 2.05) is 38.1 Å². The van der Waals surface area contributed by atoms with Gasteiger partial charge >= 0.3 is 5.97 Å². The summed E-state index contributed by atoms with van der Waals surface area (Å²) in [6.07, 6.45) is -0.0328. The zero-order valence-corrected chi connectivity index (χ0v) is 19.0. The number of carbonyl (C=O) groups excluding carboxylic acids is 3. The van der Waals surface area contributed by atoms with Crippen LogP contribution in [0.25, 0.3) is 0 Å². The number of hydrogen-bond donors (Lipinski definition) is 1. The molecule has 1 aromatic heterocycles. The first-order valence-electron chi connectivity index (χ1n) is 10.5. The van der Waals surface area contributed by atoms with E-state index in [9.17, 15) is 14.4 Å². The summed E-state index contributed by atoms with van der Waals surface area (Å²) in [6, 6.07) is 6.83. The number of benzene rings is 1. The molecule has 0 bridgehead atoms. The maximum Gasteiger partial charge on any atom is 0.338 e. The van der Waals surface area contributed by atoms with Crippen molar-refractivity contribution in [2.24, 2.45) is 5.92 Å². The van der Waals surface area contributed by atoms with Gasteiger partial charge in [0.1, 0.15) is 6.04 Å². The van der Waals surface area contributed by atoms with Gasteiger partial charge in [-0.2, -0.15) is 0 Å². The number of rotatable bonds is 4. The molecule has 1 aromatic carbocycles. The maximum atomic E-state index is 13.2. The van der Waals surface area contributed by atoms with Gasteiger partial charge in [-0.1, -0.05) is 13.8 Å². The van der Waals surface area contributed by atoms with E-state index >= 15 is 0 Å². The number of esters is 1. The Balaban J connectivity index is 1.50. The molecule has 0 aliphatic carbocycles. The summed E-state index contributed by atoms with van der Waals surface area (Å²) < 4.78 is 5.69. The van der Waals surface area contributed by atoms with Gasteiger partial charge in [0.05, 0.1) is 16.9 Å². The first-order chi connectivity index (χ1) is 14.8. The van der Waals surface area contributed by atoms with E-state index in [1.165, 1.54) is 10.4 Å². The zero-order chi connectivity index (χ0) is 22.3. The molecule has 7 nitrogen and oxygen atoms in total. The van der Waals surface area contributed by atoms with Crippen LogP contribution in [0.5, 0.6) is 0 Å². The van der Waals surface area contributed by atoms with Crippen molar-refractivity contribution in [3.63, 3.8) is 0 Å². The summed E-state index contributed by atoms with van der Waals surface area (Å²) in [6.45, 7) is 6.74. The van der Waals surface area contributed by atoms with Crippen LogP contribution in [-0.2, 0) is 27.3 Å². The summed E-state index contributed by atoms with van der Waals surface area (Å²) in [5, 5.41) is 4.88. The van der Waals surface area contributed by atoms with E-state index in [1.54, 1.807) is 34.4 Å². The highest BCUT2D eigenvalue weighted by Crippen LogP contribution is 2.32. The number of hydrogen-bond acceptors (Lipinski definition) is 6. The van der Waals surface area contributed by atoms with Crippen LogP contribution >= 0.6 is 11.3 Å². The molecule has 2 atom stereocenters. The molecule has 2 amide bonds. The summed E-state index contributed by atoms with van der Waals surface area (Å²) in [7, 11) is 1.84. The molecule has 0 spiro atoms. The summed E-state index contributed by atoms with van der Waals surface area (Å²) in [5.74, 6) is -1.03.